The molecule has 2 rings (SSSR count). The Bertz CT molecular complexity index is 404. The van der Waals surface area contributed by atoms with Gasteiger partial charge < -0.3 is 14.6 Å². The summed E-state index contributed by atoms with van der Waals surface area (Å²) in [4.78, 5) is 10.8. The maximum absolute atomic E-state index is 10.8. The highest BCUT2D eigenvalue weighted by molar-refractivity contribution is 8.00. The maximum Gasteiger partial charge on any atom is 0.335 e. The van der Waals surface area contributed by atoms with Gasteiger partial charge in [-0.15, -0.1) is 0 Å². The van der Waals surface area contributed by atoms with Crippen LogP contribution in [0, 0.1) is 0 Å². The van der Waals surface area contributed by atoms with Gasteiger partial charge in [0.15, 0.2) is 0 Å². The van der Waals surface area contributed by atoms with Crippen LogP contribution in [-0.4, -0.2) is 41.9 Å². The van der Waals surface area contributed by atoms with Gasteiger partial charge in [-0.1, -0.05) is 6.07 Å². The van der Waals surface area contributed by atoms with Crippen molar-refractivity contribution in [3.63, 3.8) is 0 Å². The standard InChI is InChI=1S/C13H16O4S/c14-13(15)10-3-1-4-11(7-10)17-5-2-6-18-12-8-16-9-12/h1,3-4,7,12H,2,5-6,8-9H2,(H,14,15). The largest absolute Gasteiger partial charge is 0.494 e. The number of hydrogen-bond donors (Lipinski definition) is 1. The molecule has 0 spiro atoms. The fourth-order valence-corrected chi connectivity index (χ4v) is 2.53. The van der Waals surface area contributed by atoms with Gasteiger partial charge in [0.05, 0.1) is 30.6 Å². The zero-order valence-electron chi connectivity index (χ0n) is 10.0. The van der Waals surface area contributed by atoms with Gasteiger partial charge in [-0.3, -0.25) is 0 Å². The van der Waals surface area contributed by atoms with Crippen LogP contribution >= 0.6 is 11.8 Å². The second kappa shape index (κ2) is 6.66. The Balaban J connectivity index is 1.66. The lowest BCUT2D eigenvalue weighted by Crippen LogP contribution is -2.30. The SMILES string of the molecule is O=C(O)c1cccc(OCCCSC2COC2)c1. The fourth-order valence-electron chi connectivity index (χ4n) is 1.53. The summed E-state index contributed by atoms with van der Waals surface area (Å²) in [5.74, 6) is 0.736. The first-order chi connectivity index (χ1) is 8.75. The van der Waals surface area contributed by atoms with E-state index in [4.69, 9.17) is 14.6 Å². The van der Waals surface area contributed by atoms with Crippen molar-refractivity contribution in [2.45, 2.75) is 11.7 Å². The summed E-state index contributed by atoms with van der Waals surface area (Å²) in [6.07, 6.45) is 0.957. The van der Waals surface area contributed by atoms with Crippen molar-refractivity contribution in [1.82, 2.24) is 0 Å². The highest BCUT2D eigenvalue weighted by Gasteiger charge is 2.17. The minimum absolute atomic E-state index is 0.258. The van der Waals surface area contributed by atoms with E-state index < -0.39 is 5.97 Å². The van der Waals surface area contributed by atoms with E-state index in [0.717, 1.165) is 25.4 Å². The van der Waals surface area contributed by atoms with Crippen LogP contribution < -0.4 is 4.74 Å². The second-order valence-corrected chi connectivity index (χ2v) is 5.47. The van der Waals surface area contributed by atoms with Gasteiger partial charge in [0.2, 0.25) is 0 Å². The molecule has 1 aliphatic heterocycles. The molecule has 1 aromatic rings. The van der Waals surface area contributed by atoms with E-state index in [9.17, 15) is 4.79 Å². The van der Waals surface area contributed by atoms with Gasteiger partial charge in [0.25, 0.3) is 0 Å². The molecule has 0 unspecified atom stereocenters. The first-order valence-electron chi connectivity index (χ1n) is 5.91. The molecule has 98 valence electrons. The third kappa shape index (κ3) is 3.92. The second-order valence-electron chi connectivity index (χ2n) is 4.07. The van der Waals surface area contributed by atoms with Crippen molar-refractivity contribution in [2.75, 3.05) is 25.6 Å². The van der Waals surface area contributed by atoms with Crippen LogP contribution in [0.2, 0.25) is 0 Å². The summed E-state index contributed by atoms with van der Waals surface area (Å²) in [6.45, 7) is 2.35. The van der Waals surface area contributed by atoms with Crippen LogP contribution in [0.1, 0.15) is 16.8 Å². The molecular weight excluding hydrogens is 252 g/mol. The molecule has 1 aliphatic rings. The number of rotatable bonds is 7. The van der Waals surface area contributed by atoms with Crippen LogP contribution in [0.5, 0.6) is 5.75 Å². The lowest BCUT2D eigenvalue weighted by molar-refractivity contribution is 0.0455. The van der Waals surface area contributed by atoms with E-state index in [0.29, 0.717) is 17.6 Å². The molecule has 0 amide bonds. The van der Waals surface area contributed by atoms with E-state index in [1.807, 2.05) is 11.8 Å². The third-order valence-corrected chi connectivity index (χ3v) is 3.87. The molecule has 4 nitrogen and oxygen atoms in total. The van der Waals surface area contributed by atoms with Crippen molar-refractivity contribution in [1.29, 1.82) is 0 Å². The smallest absolute Gasteiger partial charge is 0.335 e. The van der Waals surface area contributed by atoms with Gasteiger partial charge in [-0.2, -0.15) is 11.8 Å². The predicted octanol–water partition coefficient (Wildman–Crippen LogP) is 2.29. The Morgan fingerprint density at radius 2 is 2.33 bits per heavy atom. The Morgan fingerprint density at radius 3 is 3.00 bits per heavy atom. The highest BCUT2D eigenvalue weighted by atomic mass is 32.2. The topological polar surface area (TPSA) is 55.8 Å². The molecular formula is C13H16O4S. The summed E-state index contributed by atoms with van der Waals surface area (Å²) < 4.78 is 10.6. The molecule has 1 fully saturated rings. The fraction of sp³-hybridized carbons (Fsp3) is 0.462. The highest BCUT2D eigenvalue weighted by Crippen LogP contribution is 2.20. The molecule has 0 bridgehead atoms. The van der Waals surface area contributed by atoms with E-state index >= 15 is 0 Å². The molecule has 1 aromatic carbocycles. The van der Waals surface area contributed by atoms with Crippen molar-refractivity contribution >= 4 is 17.7 Å². The number of carbonyl (C=O) groups is 1. The molecule has 5 heteroatoms. The summed E-state index contributed by atoms with van der Waals surface area (Å²) in [6, 6.07) is 6.58. The van der Waals surface area contributed by atoms with Crippen molar-refractivity contribution in [3.8, 4) is 5.75 Å². The Hall–Kier alpha value is -1.20. The van der Waals surface area contributed by atoms with Crippen LogP contribution in [-0.2, 0) is 4.74 Å². The molecule has 18 heavy (non-hydrogen) atoms. The monoisotopic (exact) mass is 268 g/mol. The number of aromatic carboxylic acids is 1. The summed E-state index contributed by atoms with van der Waals surface area (Å²) in [5, 5.41) is 9.50. The lowest BCUT2D eigenvalue weighted by Gasteiger charge is -2.25. The lowest BCUT2D eigenvalue weighted by atomic mass is 10.2. The van der Waals surface area contributed by atoms with Gasteiger partial charge in [-0.25, -0.2) is 4.79 Å². The molecule has 0 aromatic heterocycles. The molecule has 1 saturated heterocycles. The minimum atomic E-state index is -0.930. The average molecular weight is 268 g/mol. The first kappa shape index (κ1) is 13.2. The predicted molar refractivity (Wildman–Crippen MR) is 70.6 cm³/mol. The Morgan fingerprint density at radius 1 is 1.50 bits per heavy atom. The molecule has 0 aliphatic carbocycles. The van der Waals surface area contributed by atoms with Crippen molar-refractivity contribution in [3.05, 3.63) is 29.8 Å². The van der Waals surface area contributed by atoms with Gasteiger partial charge in [0.1, 0.15) is 5.75 Å². The zero-order valence-corrected chi connectivity index (χ0v) is 10.8. The van der Waals surface area contributed by atoms with Crippen LogP contribution in [0.15, 0.2) is 24.3 Å². The molecule has 1 N–H and O–H groups in total. The number of thioether (sulfide) groups is 1. The van der Waals surface area contributed by atoms with Gasteiger partial charge >= 0.3 is 5.97 Å². The maximum atomic E-state index is 10.8. The van der Waals surface area contributed by atoms with Crippen LogP contribution in [0.25, 0.3) is 0 Å². The average Bonchev–Trinajstić information content (AvgIpc) is 2.31. The van der Waals surface area contributed by atoms with Crippen LogP contribution in [0.4, 0.5) is 0 Å². The molecule has 0 radical (unpaired) electrons. The number of hydrogen-bond acceptors (Lipinski definition) is 4. The summed E-state index contributed by atoms with van der Waals surface area (Å²) in [7, 11) is 0. The first-order valence-corrected chi connectivity index (χ1v) is 6.96. The van der Waals surface area contributed by atoms with Crippen LogP contribution in [0.3, 0.4) is 0 Å². The molecule has 0 saturated carbocycles. The van der Waals surface area contributed by atoms with E-state index in [-0.39, 0.29) is 5.56 Å². The normalized spacial score (nSPS) is 15.1. The summed E-state index contributed by atoms with van der Waals surface area (Å²) in [5.41, 5.74) is 0.258. The minimum Gasteiger partial charge on any atom is -0.494 e. The quantitative estimate of drug-likeness (QED) is 0.769. The summed E-state index contributed by atoms with van der Waals surface area (Å²) >= 11 is 1.91. The van der Waals surface area contributed by atoms with E-state index in [2.05, 4.69) is 0 Å². The van der Waals surface area contributed by atoms with E-state index in [1.165, 1.54) is 0 Å². The Labute approximate surface area is 110 Å². The van der Waals surface area contributed by atoms with Crippen molar-refractivity contribution < 1.29 is 19.4 Å². The number of ether oxygens (including phenoxy) is 2. The molecule has 0 atom stereocenters. The van der Waals surface area contributed by atoms with E-state index in [1.54, 1.807) is 24.3 Å². The Kier molecular flexibility index (Phi) is 4.90. The number of carboxylic acids is 1. The zero-order chi connectivity index (χ0) is 12.8. The third-order valence-electron chi connectivity index (χ3n) is 2.60. The van der Waals surface area contributed by atoms with Gasteiger partial charge in [0, 0.05) is 0 Å². The number of benzene rings is 1. The van der Waals surface area contributed by atoms with Crippen molar-refractivity contribution in [2.24, 2.45) is 0 Å². The number of carboxylic acid groups (broad SMARTS) is 1. The van der Waals surface area contributed by atoms with Gasteiger partial charge in [-0.05, 0) is 30.4 Å². The molecule has 1 heterocycles.